The van der Waals surface area contributed by atoms with E-state index >= 15 is 0 Å². The number of fused-ring (bicyclic) bond motifs is 5. The van der Waals surface area contributed by atoms with Crippen LogP contribution in [0.1, 0.15) is 121 Å². The molecule has 4 aliphatic carbocycles. The fourth-order valence-electron chi connectivity index (χ4n) is 24.3. The zero-order valence-electron chi connectivity index (χ0n) is 76.7. The highest BCUT2D eigenvalue weighted by molar-refractivity contribution is 5.39. The molecule has 0 amide bonds. The molecule has 0 spiro atoms. The molecule has 49 heteroatoms. The minimum absolute atomic E-state index is 0.0257. The van der Waals surface area contributed by atoms with Crippen molar-refractivity contribution < 1.29 is 244 Å². The van der Waals surface area contributed by atoms with Crippen LogP contribution in [0.4, 0.5) is 0 Å². The number of aliphatic hydroxyl groups is 31. The van der Waals surface area contributed by atoms with Gasteiger partial charge in [-0.05, 0) is 98.7 Å². The molecule has 13 rings (SSSR count). The average Bonchev–Trinajstić information content (AvgIpc) is 1.63. The van der Waals surface area contributed by atoms with Gasteiger partial charge in [-0.1, -0.05) is 67.0 Å². The van der Waals surface area contributed by atoms with Gasteiger partial charge in [-0.3, -0.25) is 0 Å². The zero-order valence-corrected chi connectivity index (χ0v) is 76.7. The molecule has 13 aliphatic rings. The van der Waals surface area contributed by atoms with Crippen LogP contribution < -0.4 is 0 Å². The van der Waals surface area contributed by atoms with Crippen molar-refractivity contribution in [3.05, 3.63) is 11.6 Å². The van der Waals surface area contributed by atoms with Crippen molar-refractivity contribution in [2.45, 2.75) is 421 Å². The van der Waals surface area contributed by atoms with Crippen molar-refractivity contribution in [1.82, 2.24) is 0 Å². The fourth-order valence-corrected chi connectivity index (χ4v) is 24.3. The normalized spacial score (nSPS) is 53.1. The topological polar surface area (TPSA) is 793 Å². The third kappa shape index (κ3) is 19.7. The summed E-state index contributed by atoms with van der Waals surface area (Å²) in [5.74, 6) is -0.289. The number of hydrogen-bond acceptors (Lipinski definition) is 49. The lowest BCUT2D eigenvalue weighted by Gasteiger charge is -2.75. The third-order valence-electron chi connectivity index (χ3n) is 33.0. The Morgan fingerprint density at radius 3 is 0.919 bits per heavy atom. The van der Waals surface area contributed by atoms with Gasteiger partial charge in [0.1, 0.15) is 220 Å². The maximum atomic E-state index is 13.4. The second-order valence-corrected chi connectivity index (χ2v) is 41.1. The molecule has 0 bridgehead atoms. The van der Waals surface area contributed by atoms with Crippen LogP contribution in [0.5, 0.6) is 0 Å². The summed E-state index contributed by atoms with van der Waals surface area (Å²) in [5, 5.41) is 344. The molecule has 12 fully saturated rings. The molecule has 0 radical (unpaired) electrons. The largest absolute Gasteiger partial charge is 0.394 e. The molecule has 9 aliphatic heterocycles. The number of ether oxygens (including phenoxy) is 18. The molecule has 11 unspecified atom stereocenters. The Bertz CT molecular complexity index is 3790. The molecule has 55 atom stereocenters. The molecule has 49 nitrogen and oxygen atoms in total. The van der Waals surface area contributed by atoms with E-state index in [1.165, 1.54) is 13.8 Å². The van der Waals surface area contributed by atoms with E-state index < -0.39 is 392 Å². The Labute approximate surface area is 777 Å². The second kappa shape index (κ2) is 43.1. The monoisotopic (exact) mass is 1960 g/mol. The van der Waals surface area contributed by atoms with Crippen molar-refractivity contribution in [3.8, 4) is 0 Å². The Hall–Kier alpha value is -2.22. The summed E-state index contributed by atoms with van der Waals surface area (Å²) in [4.78, 5) is 0. The van der Waals surface area contributed by atoms with Crippen LogP contribution in [0.2, 0.25) is 0 Å². The molecular formula is C86H146O49. The van der Waals surface area contributed by atoms with E-state index in [1.807, 2.05) is 13.8 Å². The zero-order chi connectivity index (χ0) is 99.4. The number of hydrogen-bond donors (Lipinski definition) is 31. The summed E-state index contributed by atoms with van der Waals surface area (Å²) >= 11 is 0. The summed E-state index contributed by atoms with van der Waals surface area (Å²) in [6.45, 7) is 11.3. The van der Waals surface area contributed by atoms with Crippen LogP contribution in [0, 0.1) is 44.3 Å². The predicted molar refractivity (Wildman–Crippen MR) is 440 cm³/mol. The smallest absolute Gasteiger partial charge is 0.187 e. The van der Waals surface area contributed by atoms with Gasteiger partial charge >= 0.3 is 0 Å². The van der Waals surface area contributed by atoms with Gasteiger partial charge < -0.3 is 244 Å². The Balaban J connectivity index is 0.674. The first kappa shape index (κ1) is 110. The van der Waals surface area contributed by atoms with Crippen molar-refractivity contribution in [3.63, 3.8) is 0 Å². The SMILES string of the molecule is C[C@H](CC[C@@H](OC1O[C@H](CO)[C@@H](OC2O[C@H](CO)[C@@H](O)[C@H](O)[C@H]2O)[C@H](O)[C@H]1OC1O[C@H](CO)[C@@H](OC2O[C@H](CO)[C@@H](OC3O[C@H](CO)[C@@H](OC4O[C@H](CO)[C@@H](OC5O[C@H](CO)[C@@H](O)[C@H](O)[C@H]5O)[C@H](O)[C@H]4O)[C@H](O)[C@H]3O)[C@H](O)[C@H]2O)[C@H](O)[C@H]1O)C(C)(C)O)C1CC[C@@]2(C)[C@]3(C)CC=C4C(C)(C)[C@@H](OC5O[C@H](CO)[C@@H](OC6O[C@H](CO)[C@@H](O)[C@H](O)[C@H]6O)[C@H](O)[C@H]5O)CC[C@@]4(C)[C@]3(C)C(O)C[C@]12C. The molecule has 31 N–H and O–H groups in total. The van der Waals surface area contributed by atoms with Gasteiger partial charge in [0.25, 0.3) is 0 Å². The molecular weight excluding hydrogens is 1820 g/mol. The average molecular weight is 1960 g/mol. The first-order valence-electron chi connectivity index (χ1n) is 46.4. The van der Waals surface area contributed by atoms with Gasteiger partial charge in [-0.15, -0.1) is 0 Å². The van der Waals surface area contributed by atoms with Crippen molar-refractivity contribution in [1.29, 1.82) is 0 Å². The highest BCUT2D eigenvalue weighted by Crippen LogP contribution is 2.82. The van der Waals surface area contributed by atoms with Crippen molar-refractivity contribution in [2.75, 3.05) is 59.5 Å². The number of aliphatic hydroxyl groups excluding tert-OH is 30. The van der Waals surface area contributed by atoms with E-state index in [4.69, 9.17) is 85.3 Å². The van der Waals surface area contributed by atoms with Crippen molar-refractivity contribution >= 4 is 0 Å². The van der Waals surface area contributed by atoms with Crippen LogP contribution in [0.25, 0.3) is 0 Å². The van der Waals surface area contributed by atoms with Gasteiger partial charge in [0.15, 0.2) is 56.6 Å². The lowest BCUT2D eigenvalue weighted by molar-refractivity contribution is -0.404. The lowest BCUT2D eigenvalue weighted by atomic mass is 9.29. The van der Waals surface area contributed by atoms with Crippen LogP contribution in [0.15, 0.2) is 11.6 Å². The van der Waals surface area contributed by atoms with Gasteiger partial charge in [0.05, 0.1) is 83.4 Å². The standard InChI is InChI=1S/C86H146O49/c1-29(30-13-17-84(8)83(30,7)19-41(96)86(10)82(6)16-15-42(80(2,3)40(82)14-18-85(84,86)9)127-71-58(111)50(103)64(34(23-90)121-71)129-72-55(108)47(100)44(97)31(20-87)118-72)11-12-43(81(4,5)117)128-79-70(63(116)69(39(28-95)126-79)134-74-57(110)49(102)46(99)33(22-89)120-74)135-78-62(115)54(107)68(38(27-94)125-78)133-77-61(114)53(106)67(37(26-93)124-77)132-76-60(113)52(105)66(36(25-92)123-76)131-75-59(112)51(104)65(35(24-91)122-75)130-73-56(109)48(101)45(98)32(21-88)119-73/h14,29-39,41-79,87-117H,11-13,15-28H2,1-10H3/t29-,30?,31-,32-,33-,34-,35-,36-,37-,38-,39-,41?,42+,43-,44-,45-,46-,47+,48+,49+,50-,51-,52-,53-,54-,55-,56-,57-,58-,59-,60-,61-,62-,63+,64-,65-,66-,67-,68-,69-,70-,71?,72?,73?,74?,75?,76?,77?,78?,79?,82-,83-,84-,85+,86+/m1/s1. The molecule has 0 aromatic rings. The van der Waals surface area contributed by atoms with Crippen LogP contribution in [-0.2, 0) is 85.3 Å². The van der Waals surface area contributed by atoms with E-state index in [2.05, 4.69) is 47.6 Å². The number of allylic oxidation sites excluding steroid dienone is 1. The van der Waals surface area contributed by atoms with E-state index in [0.717, 1.165) is 12.0 Å². The molecule has 9 saturated heterocycles. The van der Waals surface area contributed by atoms with E-state index in [1.54, 1.807) is 0 Å². The van der Waals surface area contributed by atoms with E-state index in [-0.39, 0.29) is 18.3 Å². The van der Waals surface area contributed by atoms with Gasteiger partial charge in [0.2, 0.25) is 0 Å². The summed E-state index contributed by atoms with van der Waals surface area (Å²) < 4.78 is 107. The first-order valence-corrected chi connectivity index (χ1v) is 46.4. The van der Waals surface area contributed by atoms with E-state index in [9.17, 15) is 158 Å². The number of rotatable bonds is 32. The highest BCUT2D eigenvalue weighted by Gasteiger charge is 2.78. The molecule has 135 heavy (non-hydrogen) atoms. The van der Waals surface area contributed by atoms with E-state index in [0.29, 0.717) is 38.5 Å². The third-order valence-corrected chi connectivity index (χ3v) is 33.0. The molecule has 9 heterocycles. The quantitative estimate of drug-likeness (QED) is 0.0278. The minimum atomic E-state index is -2.36. The van der Waals surface area contributed by atoms with Crippen LogP contribution in [-0.4, -0.2) is 518 Å². The van der Waals surface area contributed by atoms with Gasteiger partial charge in [0, 0.05) is 10.8 Å². The Kier molecular flexibility index (Phi) is 35.1. The summed E-state index contributed by atoms with van der Waals surface area (Å²) in [6.07, 6.45) is -83.8. The Morgan fingerprint density at radius 2 is 0.607 bits per heavy atom. The maximum absolute atomic E-state index is 13.4. The predicted octanol–water partition coefficient (Wildman–Crippen LogP) is -13.3. The highest BCUT2D eigenvalue weighted by atomic mass is 16.8. The molecule has 0 aromatic heterocycles. The first-order chi connectivity index (χ1) is 63.4. The van der Waals surface area contributed by atoms with Crippen molar-refractivity contribution in [2.24, 2.45) is 44.3 Å². The summed E-state index contributed by atoms with van der Waals surface area (Å²) in [7, 11) is 0. The molecule has 3 saturated carbocycles. The van der Waals surface area contributed by atoms with Gasteiger partial charge in [-0.2, -0.15) is 0 Å². The second-order valence-electron chi connectivity index (χ2n) is 41.1. The molecule has 784 valence electrons. The minimum Gasteiger partial charge on any atom is -0.394 e. The maximum Gasteiger partial charge on any atom is 0.187 e. The lowest BCUT2D eigenvalue weighted by Crippen LogP contribution is -2.72. The Morgan fingerprint density at radius 1 is 0.326 bits per heavy atom. The summed E-state index contributed by atoms with van der Waals surface area (Å²) in [6, 6.07) is 0. The summed E-state index contributed by atoms with van der Waals surface area (Å²) in [5.41, 5.74) is -4.78. The van der Waals surface area contributed by atoms with Gasteiger partial charge in [-0.25, -0.2) is 0 Å². The molecule has 0 aromatic carbocycles. The van der Waals surface area contributed by atoms with Crippen LogP contribution >= 0.6 is 0 Å². The van der Waals surface area contributed by atoms with Crippen LogP contribution in [0.3, 0.4) is 0 Å². The fraction of sp³-hybridized carbons (Fsp3) is 0.977.